The molecule has 3 N–H and O–H groups in total. The van der Waals surface area contributed by atoms with Gasteiger partial charge in [0, 0.05) is 25.7 Å². The van der Waals surface area contributed by atoms with Crippen LogP contribution in [-0.2, 0) is 0 Å². The van der Waals surface area contributed by atoms with E-state index >= 15 is 0 Å². The lowest BCUT2D eigenvalue weighted by Gasteiger charge is -2.40. The van der Waals surface area contributed by atoms with Crippen molar-refractivity contribution in [3.05, 3.63) is 23.3 Å². The number of nitrogen functional groups attached to an aromatic ring is 1. The molecule has 1 atom stereocenters. The molecule has 0 radical (unpaired) electrons. The van der Waals surface area contributed by atoms with Crippen LogP contribution in [0.5, 0.6) is 0 Å². The molecule has 2 amide bonds. The standard InChI is InChI=1S/C20H23F2N9OS/c1-11-7-29(5-6-31(11)16-15-17(33-10-24-15)28-18(23)27-16)19(32)26-13-3-4-14(25-12(13)2)30-8-20(21,22)9-30/h3-4,10-11H,5-9H2,1-2H3,(H,26,32)(H2,23,27,28). The number of fused-ring (bicyclic) bond motifs is 1. The number of anilines is 4. The minimum atomic E-state index is -2.66. The number of alkyl halides is 2. The van der Waals surface area contributed by atoms with Crippen LogP contribution in [0.15, 0.2) is 17.6 Å². The van der Waals surface area contributed by atoms with Gasteiger partial charge in [0.05, 0.1) is 30.0 Å². The fourth-order valence-electron chi connectivity index (χ4n) is 4.14. The first kappa shape index (κ1) is 21.5. The Hall–Kier alpha value is -3.35. The summed E-state index contributed by atoms with van der Waals surface area (Å²) in [6, 6.07) is 3.10. The summed E-state index contributed by atoms with van der Waals surface area (Å²) in [5.74, 6) is -1.30. The molecule has 0 spiro atoms. The molecular formula is C20H23F2N9OS. The van der Waals surface area contributed by atoms with E-state index in [4.69, 9.17) is 5.73 Å². The summed E-state index contributed by atoms with van der Waals surface area (Å²) in [7, 11) is 0. The van der Waals surface area contributed by atoms with Gasteiger partial charge in [-0.1, -0.05) is 0 Å². The van der Waals surface area contributed by atoms with Crippen LogP contribution in [0, 0.1) is 6.92 Å². The van der Waals surface area contributed by atoms with Crippen LogP contribution >= 0.6 is 11.3 Å². The van der Waals surface area contributed by atoms with Gasteiger partial charge in [-0.2, -0.15) is 4.98 Å². The van der Waals surface area contributed by atoms with Crippen molar-refractivity contribution in [1.29, 1.82) is 0 Å². The highest BCUT2D eigenvalue weighted by Crippen LogP contribution is 2.32. The van der Waals surface area contributed by atoms with Crippen molar-refractivity contribution in [2.75, 3.05) is 53.6 Å². The summed E-state index contributed by atoms with van der Waals surface area (Å²) in [5, 5.41) is 2.89. The molecule has 2 saturated heterocycles. The number of aromatic nitrogens is 4. The van der Waals surface area contributed by atoms with Crippen LogP contribution < -0.4 is 20.9 Å². The zero-order valence-electron chi connectivity index (χ0n) is 18.1. The largest absolute Gasteiger partial charge is 0.368 e. The summed E-state index contributed by atoms with van der Waals surface area (Å²) in [6.07, 6.45) is 0. The van der Waals surface area contributed by atoms with Gasteiger partial charge >= 0.3 is 6.03 Å². The summed E-state index contributed by atoms with van der Waals surface area (Å²) in [4.78, 5) is 36.4. The molecule has 33 heavy (non-hydrogen) atoms. The van der Waals surface area contributed by atoms with Gasteiger partial charge in [-0.3, -0.25) is 0 Å². The number of hydrogen-bond acceptors (Lipinski definition) is 9. The SMILES string of the molecule is Cc1nc(N2CC(F)(F)C2)ccc1NC(=O)N1CCN(c2nc(N)nc3scnc23)C(C)C1. The maximum absolute atomic E-state index is 13.1. The Morgan fingerprint density at radius 1 is 1.24 bits per heavy atom. The molecule has 3 aromatic rings. The summed E-state index contributed by atoms with van der Waals surface area (Å²) < 4.78 is 26.3. The van der Waals surface area contributed by atoms with Crippen molar-refractivity contribution in [3.8, 4) is 0 Å². The fraction of sp³-hybridized carbons (Fsp3) is 0.450. The molecule has 0 aromatic carbocycles. The van der Waals surface area contributed by atoms with Crippen LogP contribution in [0.3, 0.4) is 0 Å². The predicted octanol–water partition coefficient (Wildman–Crippen LogP) is 2.57. The number of piperazine rings is 1. The van der Waals surface area contributed by atoms with E-state index in [9.17, 15) is 13.6 Å². The smallest absolute Gasteiger partial charge is 0.322 e. The van der Waals surface area contributed by atoms with E-state index in [1.54, 1.807) is 29.5 Å². The molecule has 5 rings (SSSR count). The van der Waals surface area contributed by atoms with E-state index in [2.05, 4.69) is 30.2 Å². The maximum atomic E-state index is 13.1. The van der Waals surface area contributed by atoms with Crippen molar-refractivity contribution >= 4 is 51.0 Å². The summed E-state index contributed by atoms with van der Waals surface area (Å²) >= 11 is 1.41. The third-order valence-electron chi connectivity index (χ3n) is 5.86. The third-order valence-corrected chi connectivity index (χ3v) is 6.58. The van der Waals surface area contributed by atoms with Gasteiger partial charge in [0.15, 0.2) is 10.6 Å². The van der Waals surface area contributed by atoms with Crippen molar-refractivity contribution < 1.29 is 13.6 Å². The molecule has 5 heterocycles. The van der Waals surface area contributed by atoms with E-state index in [0.29, 0.717) is 48.2 Å². The normalized spacial score (nSPS) is 20.1. The molecule has 10 nitrogen and oxygen atoms in total. The average Bonchev–Trinajstić information content (AvgIpc) is 3.21. The first-order valence-corrected chi connectivity index (χ1v) is 11.4. The summed E-state index contributed by atoms with van der Waals surface area (Å²) in [6.45, 7) is 4.62. The average molecular weight is 476 g/mol. The number of urea groups is 1. The van der Waals surface area contributed by atoms with Gasteiger partial charge in [-0.05, 0) is 26.0 Å². The Kier molecular flexibility index (Phi) is 5.15. The number of hydrogen-bond donors (Lipinski definition) is 2. The molecule has 174 valence electrons. The second-order valence-electron chi connectivity index (χ2n) is 8.34. The van der Waals surface area contributed by atoms with Gasteiger partial charge in [0.1, 0.15) is 11.3 Å². The minimum Gasteiger partial charge on any atom is -0.368 e. The van der Waals surface area contributed by atoms with Crippen molar-refractivity contribution in [2.45, 2.75) is 25.8 Å². The monoisotopic (exact) mass is 475 g/mol. The van der Waals surface area contributed by atoms with E-state index < -0.39 is 5.92 Å². The fourth-order valence-corrected chi connectivity index (χ4v) is 4.80. The minimum absolute atomic E-state index is 0.0154. The van der Waals surface area contributed by atoms with E-state index in [1.165, 1.54) is 16.2 Å². The highest BCUT2D eigenvalue weighted by Gasteiger charge is 2.44. The molecule has 3 aromatic heterocycles. The van der Waals surface area contributed by atoms with E-state index in [-0.39, 0.29) is 31.1 Å². The number of nitrogens with zero attached hydrogens (tertiary/aromatic N) is 7. The first-order chi connectivity index (χ1) is 15.7. The molecule has 0 aliphatic carbocycles. The highest BCUT2D eigenvalue weighted by molar-refractivity contribution is 7.16. The van der Waals surface area contributed by atoms with Crippen molar-refractivity contribution in [1.82, 2.24) is 24.8 Å². The van der Waals surface area contributed by atoms with Crippen LogP contribution in [0.4, 0.5) is 36.8 Å². The molecule has 0 saturated carbocycles. The van der Waals surface area contributed by atoms with Crippen LogP contribution in [0.25, 0.3) is 10.3 Å². The lowest BCUT2D eigenvalue weighted by atomic mass is 10.1. The van der Waals surface area contributed by atoms with Crippen LogP contribution in [0.2, 0.25) is 0 Å². The number of aryl methyl sites for hydroxylation is 1. The maximum Gasteiger partial charge on any atom is 0.322 e. The Bertz CT molecular complexity index is 1210. The van der Waals surface area contributed by atoms with E-state index in [1.807, 2.05) is 6.92 Å². The molecular weight excluding hydrogens is 452 g/mol. The number of pyridine rings is 1. The number of rotatable bonds is 3. The Morgan fingerprint density at radius 3 is 2.73 bits per heavy atom. The lowest BCUT2D eigenvalue weighted by molar-refractivity contribution is -0.0267. The highest BCUT2D eigenvalue weighted by atomic mass is 32.1. The Balaban J connectivity index is 1.24. The molecule has 2 aliphatic rings. The molecule has 13 heteroatoms. The number of nitrogens with two attached hydrogens (primary N) is 1. The topological polar surface area (TPSA) is 116 Å². The van der Waals surface area contributed by atoms with Crippen LogP contribution in [0.1, 0.15) is 12.6 Å². The summed E-state index contributed by atoms with van der Waals surface area (Å²) in [5.41, 5.74) is 9.43. The predicted molar refractivity (Wildman–Crippen MR) is 123 cm³/mol. The van der Waals surface area contributed by atoms with Crippen LogP contribution in [-0.4, -0.2) is 75.6 Å². The Labute approximate surface area is 192 Å². The lowest BCUT2D eigenvalue weighted by Crippen LogP contribution is -2.56. The van der Waals surface area contributed by atoms with E-state index in [0.717, 1.165) is 4.83 Å². The van der Waals surface area contributed by atoms with Gasteiger partial charge in [-0.25, -0.2) is 28.5 Å². The molecule has 2 aliphatic heterocycles. The number of carbonyl (C=O) groups is 1. The molecule has 2 fully saturated rings. The second kappa shape index (κ2) is 7.90. The number of thiazole rings is 1. The zero-order chi connectivity index (χ0) is 23.3. The van der Waals surface area contributed by atoms with Gasteiger partial charge < -0.3 is 25.8 Å². The zero-order valence-corrected chi connectivity index (χ0v) is 18.9. The molecule has 0 bridgehead atoms. The number of halogens is 2. The number of carbonyl (C=O) groups excluding carboxylic acids is 1. The van der Waals surface area contributed by atoms with Gasteiger partial charge in [-0.15, -0.1) is 11.3 Å². The number of nitrogens with one attached hydrogen (secondary N) is 1. The van der Waals surface area contributed by atoms with Crippen molar-refractivity contribution in [3.63, 3.8) is 0 Å². The van der Waals surface area contributed by atoms with Gasteiger partial charge in [0.2, 0.25) is 5.95 Å². The Morgan fingerprint density at radius 2 is 2.03 bits per heavy atom. The molecule has 1 unspecified atom stereocenters. The number of amides is 2. The first-order valence-electron chi connectivity index (χ1n) is 10.5. The second-order valence-corrected chi connectivity index (χ2v) is 9.18. The quantitative estimate of drug-likeness (QED) is 0.594. The van der Waals surface area contributed by atoms with Gasteiger partial charge in [0.25, 0.3) is 5.92 Å². The van der Waals surface area contributed by atoms with Crippen molar-refractivity contribution in [2.24, 2.45) is 0 Å². The third kappa shape index (κ3) is 4.08.